The first-order valence-corrected chi connectivity index (χ1v) is 6.64. The Labute approximate surface area is 107 Å². The van der Waals surface area contributed by atoms with Crippen LogP contribution in [0.3, 0.4) is 0 Å². The highest BCUT2D eigenvalue weighted by Crippen LogP contribution is 2.41. The molecule has 2 atom stereocenters. The first-order valence-electron chi connectivity index (χ1n) is 6.64. The molecule has 1 aromatic carbocycles. The fraction of sp³-hybridized carbons (Fsp3) is 0.467. The van der Waals surface area contributed by atoms with E-state index in [1.165, 1.54) is 22.0 Å². The average Bonchev–Trinajstić information content (AvgIpc) is 2.70. The van der Waals surface area contributed by atoms with Crippen molar-refractivity contribution in [3.8, 4) is 0 Å². The van der Waals surface area contributed by atoms with Crippen LogP contribution in [-0.4, -0.2) is 35.7 Å². The fourth-order valence-electron chi connectivity index (χ4n) is 3.58. The fourth-order valence-corrected chi connectivity index (χ4v) is 3.58. The Morgan fingerprint density at radius 2 is 2.17 bits per heavy atom. The second-order valence-electron chi connectivity index (χ2n) is 5.55. The summed E-state index contributed by atoms with van der Waals surface area (Å²) in [7, 11) is 4.35. The van der Waals surface area contributed by atoms with Gasteiger partial charge in [0.15, 0.2) is 0 Å². The summed E-state index contributed by atoms with van der Waals surface area (Å²) in [5.41, 5.74) is 4.19. The van der Waals surface area contributed by atoms with E-state index >= 15 is 0 Å². The summed E-state index contributed by atoms with van der Waals surface area (Å²) in [6.45, 7) is 1.88. The SMILES string of the molecule is CN1CCO[C@@H]2c3cccc4c3c(cn4C)C[C@H]21. The zero-order valence-corrected chi connectivity index (χ0v) is 10.9. The van der Waals surface area contributed by atoms with Crippen LogP contribution in [0, 0.1) is 0 Å². The highest BCUT2D eigenvalue weighted by atomic mass is 16.5. The molecule has 3 nitrogen and oxygen atoms in total. The van der Waals surface area contributed by atoms with E-state index < -0.39 is 0 Å². The number of hydrogen-bond donors (Lipinski definition) is 0. The van der Waals surface area contributed by atoms with Gasteiger partial charge in [0.1, 0.15) is 0 Å². The third kappa shape index (κ3) is 1.26. The molecule has 0 N–H and O–H groups in total. The van der Waals surface area contributed by atoms with E-state index in [9.17, 15) is 0 Å². The lowest BCUT2D eigenvalue weighted by atomic mass is 9.85. The van der Waals surface area contributed by atoms with E-state index in [1.54, 1.807) is 0 Å². The Morgan fingerprint density at radius 3 is 3.06 bits per heavy atom. The van der Waals surface area contributed by atoms with Crippen molar-refractivity contribution >= 4 is 10.9 Å². The molecule has 2 aliphatic rings. The normalized spacial score (nSPS) is 27.4. The maximum atomic E-state index is 6.06. The molecule has 0 unspecified atom stereocenters. The first-order chi connectivity index (χ1) is 8.75. The summed E-state index contributed by atoms with van der Waals surface area (Å²) >= 11 is 0. The summed E-state index contributed by atoms with van der Waals surface area (Å²) in [5.74, 6) is 0. The molecule has 2 heterocycles. The van der Waals surface area contributed by atoms with Crippen LogP contribution in [0.15, 0.2) is 24.4 Å². The number of aryl methyl sites for hydroxylation is 1. The summed E-state index contributed by atoms with van der Waals surface area (Å²) < 4.78 is 8.30. The van der Waals surface area contributed by atoms with Crippen molar-refractivity contribution in [2.24, 2.45) is 7.05 Å². The molecule has 18 heavy (non-hydrogen) atoms. The molecule has 0 radical (unpaired) electrons. The minimum atomic E-state index is 0.252. The molecule has 2 aromatic rings. The van der Waals surface area contributed by atoms with Gasteiger partial charge < -0.3 is 9.30 Å². The second kappa shape index (κ2) is 3.59. The standard InChI is InChI=1S/C15H18N2O/c1-16-6-7-18-15-11-4-3-5-12-14(11)10(8-13(15)16)9-17(12)2/h3-5,9,13,15H,6-8H2,1-2H3/t13-,15-/m1/s1. The first kappa shape index (κ1) is 10.6. The molecule has 0 bridgehead atoms. The zero-order chi connectivity index (χ0) is 12.3. The molecule has 1 aliphatic heterocycles. The zero-order valence-electron chi connectivity index (χ0n) is 10.9. The molecule has 0 saturated carbocycles. The number of benzene rings is 1. The summed E-state index contributed by atoms with van der Waals surface area (Å²) in [5, 5.41) is 1.43. The van der Waals surface area contributed by atoms with Crippen LogP contribution in [0.25, 0.3) is 10.9 Å². The lowest BCUT2D eigenvalue weighted by Crippen LogP contribution is -2.47. The van der Waals surface area contributed by atoms with Crippen LogP contribution in [-0.2, 0) is 18.2 Å². The largest absolute Gasteiger partial charge is 0.371 e. The number of rotatable bonds is 0. The third-order valence-corrected chi connectivity index (χ3v) is 4.52. The van der Waals surface area contributed by atoms with Gasteiger partial charge in [-0.2, -0.15) is 0 Å². The van der Waals surface area contributed by atoms with Crippen molar-refractivity contribution in [3.63, 3.8) is 0 Å². The molecule has 1 aromatic heterocycles. The highest BCUT2D eigenvalue weighted by Gasteiger charge is 2.37. The van der Waals surface area contributed by atoms with Crippen molar-refractivity contribution in [2.45, 2.75) is 18.6 Å². The van der Waals surface area contributed by atoms with Gasteiger partial charge in [0, 0.05) is 36.7 Å². The van der Waals surface area contributed by atoms with E-state index in [-0.39, 0.29) is 6.10 Å². The Kier molecular flexibility index (Phi) is 2.11. The average molecular weight is 242 g/mol. The smallest absolute Gasteiger partial charge is 0.0990 e. The molecule has 1 saturated heterocycles. The number of likely N-dealkylation sites (N-methyl/N-ethyl adjacent to an activating group) is 1. The predicted octanol–water partition coefficient (Wildman–Crippen LogP) is 2.11. The number of morpholine rings is 1. The quantitative estimate of drug-likeness (QED) is 0.704. The van der Waals surface area contributed by atoms with Crippen LogP contribution in [0.5, 0.6) is 0 Å². The van der Waals surface area contributed by atoms with E-state index in [4.69, 9.17) is 4.74 Å². The molecular formula is C15H18N2O. The number of ether oxygens (including phenoxy) is 1. The van der Waals surface area contributed by atoms with Crippen LogP contribution in [0.2, 0.25) is 0 Å². The lowest BCUT2D eigenvalue weighted by molar-refractivity contribution is -0.0643. The van der Waals surface area contributed by atoms with Crippen molar-refractivity contribution in [1.29, 1.82) is 0 Å². The van der Waals surface area contributed by atoms with E-state index in [1.807, 2.05) is 0 Å². The maximum Gasteiger partial charge on any atom is 0.0990 e. The number of fused-ring (bicyclic) bond motifs is 2. The van der Waals surface area contributed by atoms with Gasteiger partial charge in [-0.3, -0.25) is 4.90 Å². The molecule has 4 rings (SSSR count). The maximum absolute atomic E-state index is 6.06. The molecule has 94 valence electrons. The Balaban J connectivity index is 1.97. The van der Waals surface area contributed by atoms with Crippen molar-refractivity contribution in [3.05, 3.63) is 35.5 Å². The van der Waals surface area contributed by atoms with Gasteiger partial charge in [-0.25, -0.2) is 0 Å². The molecule has 0 spiro atoms. The van der Waals surface area contributed by atoms with Crippen molar-refractivity contribution in [2.75, 3.05) is 20.2 Å². The number of nitrogens with zero attached hydrogens (tertiary/aromatic N) is 2. The molecular weight excluding hydrogens is 224 g/mol. The van der Waals surface area contributed by atoms with E-state index in [2.05, 4.69) is 48.0 Å². The minimum Gasteiger partial charge on any atom is -0.371 e. The van der Waals surface area contributed by atoms with Crippen LogP contribution in [0.4, 0.5) is 0 Å². The lowest BCUT2D eigenvalue weighted by Gasteiger charge is -2.41. The van der Waals surface area contributed by atoms with Gasteiger partial charge in [-0.1, -0.05) is 12.1 Å². The Bertz CT molecular complexity index is 616. The molecule has 0 amide bonds. The summed E-state index contributed by atoms with van der Waals surface area (Å²) in [6.07, 6.45) is 3.64. The monoisotopic (exact) mass is 242 g/mol. The van der Waals surface area contributed by atoms with E-state index in [0.29, 0.717) is 6.04 Å². The van der Waals surface area contributed by atoms with Gasteiger partial charge in [-0.05, 0) is 30.7 Å². The van der Waals surface area contributed by atoms with Gasteiger partial charge in [0.05, 0.1) is 12.7 Å². The predicted molar refractivity (Wildman–Crippen MR) is 71.7 cm³/mol. The third-order valence-electron chi connectivity index (χ3n) is 4.52. The van der Waals surface area contributed by atoms with E-state index in [0.717, 1.165) is 19.6 Å². The summed E-state index contributed by atoms with van der Waals surface area (Å²) in [4.78, 5) is 2.45. The minimum absolute atomic E-state index is 0.252. The van der Waals surface area contributed by atoms with Crippen molar-refractivity contribution < 1.29 is 4.74 Å². The van der Waals surface area contributed by atoms with Gasteiger partial charge >= 0.3 is 0 Å². The summed E-state index contributed by atoms with van der Waals surface area (Å²) in [6, 6.07) is 7.10. The second-order valence-corrected chi connectivity index (χ2v) is 5.55. The highest BCUT2D eigenvalue weighted by molar-refractivity contribution is 5.88. The Morgan fingerprint density at radius 1 is 1.28 bits per heavy atom. The van der Waals surface area contributed by atoms with Crippen molar-refractivity contribution in [1.82, 2.24) is 9.47 Å². The molecule has 1 aliphatic carbocycles. The van der Waals surface area contributed by atoms with Gasteiger partial charge in [0.25, 0.3) is 0 Å². The van der Waals surface area contributed by atoms with Crippen LogP contribution < -0.4 is 0 Å². The molecule has 3 heteroatoms. The number of hydrogen-bond acceptors (Lipinski definition) is 2. The van der Waals surface area contributed by atoms with Crippen LogP contribution >= 0.6 is 0 Å². The Hall–Kier alpha value is -1.32. The topological polar surface area (TPSA) is 17.4 Å². The molecule has 1 fully saturated rings. The van der Waals surface area contributed by atoms with Gasteiger partial charge in [-0.15, -0.1) is 0 Å². The van der Waals surface area contributed by atoms with Crippen LogP contribution in [0.1, 0.15) is 17.2 Å². The number of aromatic nitrogens is 1. The van der Waals surface area contributed by atoms with Gasteiger partial charge in [0.2, 0.25) is 0 Å².